The van der Waals surface area contributed by atoms with Gasteiger partial charge in [-0.15, -0.1) is 10.2 Å². The summed E-state index contributed by atoms with van der Waals surface area (Å²) in [4.78, 5) is 23.5. The Labute approximate surface area is 173 Å². The van der Waals surface area contributed by atoms with E-state index in [1.807, 2.05) is 28.8 Å². The molecular formula is C19H25N5O4S. The molecule has 1 saturated heterocycles. The van der Waals surface area contributed by atoms with Crippen LogP contribution in [0.3, 0.4) is 0 Å². The van der Waals surface area contributed by atoms with Crippen LogP contribution in [0.2, 0.25) is 0 Å². The van der Waals surface area contributed by atoms with E-state index < -0.39 is 11.9 Å². The first kappa shape index (κ1) is 21.1. The van der Waals surface area contributed by atoms with Crippen LogP contribution in [-0.4, -0.2) is 58.8 Å². The summed E-state index contributed by atoms with van der Waals surface area (Å²) < 4.78 is 13.0. The number of urea groups is 1. The number of methoxy groups -OCH3 is 1. The predicted octanol–water partition coefficient (Wildman–Crippen LogP) is 2.07. The topological polar surface area (TPSA) is 107 Å². The van der Waals surface area contributed by atoms with Crippen LogP contribution in [-0.2, 0) is 16.1 Å². The number of hydrogen-bond acceptors (Lipinski definition) is 7. The lowest BCUT2D eigenvalue weighted by Crippen LogP contribution is -2.40. The lowest BCUT2D eigenvalue weighted by atomic mass is 10.2. The van der Waals surface area contributed by atoms with Crippen molar-refractivity contribution >= 4 is 23.7 Å². The molecule has 9 nitrogen and oxygen atoms in total. The molecule has 10 heteroatoms. The molecule has 2 aromatic rings. The summed E-state index contributed by atoms with van der Waals surface area (Å²) in [5, 5.41) is 14.0. The van der Waals surface area contributed by atoms with Gasteiger partial charge in [0.25, 0.3) is 0 Å². The summed E-state index contributed by atoms with van der Waals surface area (Å²) in [6.07, 6.45) is 2.09. The molecule has 1 aliphatic rings. The Morgan fingerprint density at radius 3 is 2.76 bits per heavy atom. The van der Waals surface area contributed by atoms with Crippen LogP contribution >= 0.6 is 11.8 Å². The number of carbonyl (C=O) groups excluding carboxylic acids is 2. The van der Waals surface area contributed by atoms with Crippen molar-refractivity contribution in [3.8, 4) is 17.1 Å². The molecule has 2 heterocycles. The average Bonchev–Trinajstić information content (AvgIpc) is 3.37. The number of imide groups is 1. The maximum Gasteiger partial charge on any atom is 0.321 e. The highest BCUT2D eigenvalue weighted by atomic mass is 32.2. The number of nitrogens with one attached hydrogen (secondary N) is 2. The molecule has 1 aromatic heterocycles. The van der Waals surface area contributed by atoms with E-state index >= 15 is 0 Å². The zero-order chi connectivity index (χ0) is 20.6. The molecule has 0 unspecified atom stereocenters. The van der Waals surface area contributed by atoms with Gasteiger partial charge >= 0.3 is 6.03 Å². The van der Waals surface area contributed by atoms with Gasteiger partial charge in [0.15, 0.2) is 11.0 Å². The van der Waals surface area contributed by atoms with E-state index in [0.717, 1.165) is 30.8 Å². The van der Waals surface area contributed by atoms with Gasteiger partial charge in [-0.05, 0) is 44.0 Å². The second kappa shape index (κ2) is 10.3. The molecule has 0 radical (unpaired) electrons. The molecule has 1 atom stereocenters. The number of amides is 3. The molecule has 0 saturated carbocycles. The summed E-state index contributed by atoms with van der Waals surface area (Å²) in [5.41, 5.74) is 0.898. The van der Waals surface area contributed by atoms with E-state index in [1.165, 1.54) is 11.8 Å². The Hall–Kier alpha value is -2.59. The van der Waals surface area contributed by atoms with Crippen molar-refractivity contribution in [1.82, 2.24) is 25.4 Å². The molecule has 1 aromatic carbocycles. The normalized spacial score (nSPS) is 15.9. The first-order valence-electron chi connectivity index (χ1n) is 9.50. The molecule has 29 heavy (non-hydrogen) atoms. The van der Waals surface area contributed by atoms with Crippen molar-refractivity contribution in [1.29, 1.82) is 0 Å². The van der Waals surface area contributed by atoms with Gasteiger partial charge in [0.2, 0.25) is 5.91 Å². The minimum Gasteiger partial charge on any atom is -0.497 e. The highest BCUT2D eigenvalue weighted by molar-refractivity contribution is 7.99. The quantitative estimate of drug-likeness (QED) is 0.631. The monoisotopic (exact) mass is 419 g/mol. The van der Waals surface area contributed by atoms with Crippen LogP contribution in [0.4, 0.5) is 4.79 Å². The van der Waals surface area contributed by atoms with Crippen molar-refractivity contribution in [2.24, 2.45) is 0 Å². The van der Waals surface area contributed by atoms with Crippen molar-refractivity contribution in [2.45, 2.75) is 37.6 Å². The Balaban J connectivity index is 1.75. The number of carbonyl (C=O) groups is 2. The van der Waals surface area contributed by atoms with Crippen LogP contribution in [0.5, 0.6) is 5.75 Å². The van der Waals surface area contributed by atoms with Gasteiger partial charge in [0.05, 0.1) is 25.5 Å². The van der Waals surface area contributed by atoms with Gasteiger partial charge < -0.3 is 14.8 Å². The smallest absolute Gasteiger partial charge is 0.321 e. The lowest BCUT2D eigenvalue weighted by Gasteiger charge is -2.15. The van der Waals surface area contributed by atoms with E-state index in [4.69, 9.17) is 9.47 Å². The number of rotatable bonds is 8. The van der Waals surface area contributed by atoms with Gasteiger partial charge in [-0.25, -0.2) is 4.79 Å². The Morgan fingerprint density at radius 1 is 1.31 bits per heavy atom. The third kappa shape index (κ3) is 5.70. The number of benzene rings is 1. The largest absolute Gasteiger partial charge is 0.497 e. The standard InChI is InChI=1S/C19H25N5O4S/c1-3-20-18(26)21-16(25)12-29-19-23-22-17(13-6-8-14(27-2)9-7-13)24(19)11-15-5-4-10-28-15/h6-9,15H,3-5,10-12H2,1-2H3,(H2,20,21,25,26)/t15-/m1/s1. The highest BCUT2D eigenvalue weighted by Crippen LogP contribution is 2.27. The number of thioether (sulfide) groups is 1. The molecular weight excluding hydrogens is 394 g/mol. The summed E-state index contributed by atoms with van der Waals surface area (Å²) in [7, 11) is 1.62. The number of hydrogen-bond donors (Lipinski definition) is 2. The van der Waals surface area contributed by atoms with E-state index in [1.54, 1.807) is 14.0 Å². The minimum absolute atomic E-state index is 0.0589. The van der Waals surface area contributed by atoms with Crippen molar-refractivity contribution in [2.75, 3.05) is 26.0 Å². The maximum atomic E-state index is 12.0. The van der Waals surface area contributed by atoms with Crippen molar-refractivity contribution in [3.63, 3.8) is 0 Å². The maximum absolute atomic E-state index is 12.0. The molecule has 1 fully saturated rings. The molecule has 0 spiro atoms. The fraction of sp³-hybridized carbons (Fsp3) is 0.474. The van der Waals surface area contributed by atoms with Crippen LogP contribution in [0.1, 0.15) is 19.8 Å². The number of ether oxygens (including phenoxy) is 2. The van der Waals surface area contributed by atoms with E-state index in [2.05, 4.69) is 20.8 Å². The average molecular weight is 420 g/mol. The second-order valence-electron chi connectivity index (χ2n) is 6.48. The zero-order valence-corrected chi connectivity index (χ0v) is 17.3. The molecule has 3 amide bonds. The van der Waals surface area contributed by atoms with E-state index in [-0.39, 0.29) is 11.9 Å². The molecule has 3 rings (SSSR count). The predicted molar refractivity (Wildman–Crippen MR) is 109 cm³/mol. The van der Waals surface area contributed by atoms with Crippen LogP contribution in [0.25, 0.3) is 11.4 Å². The highest BCUT2D eigenvalue weighted by Gasteiger charge is 2.22. The van der Waals surface area contributed by atoms with Crippen LogP contribution < -0.4 is 15.4 Å². The van der Waals surface area contributed by atoms with Gasteiger partial charge in [-0.2, -0.15) is 0 Å². The van der Waals surface area contributed by atoms with Crippen LogP contribution in [0, 0.1) is 0 Å². The zero-order valence-electron chi connectivity index (χ0n) is 16.5. The minimum atomic E-state index is -0.502. The molecule has 2 N–H and O–H groups in total. The summed E-state index contributed by atoms with van der Waals surface area (Å²) >= 11 is 1.24. The SMILES string of the molecule is CCNC(=O)NC(=O)CSc1nnc(-c2ccc(OC)cc2)n1C[C@H]1CCCO1. The first-order valence-corrected chi connectivity index (χ1v) is 10.5. The van der Waals surface area contributed by atoms with Gasteiger partial charge in [0.1, 0.15) is 5.75 Å². The second-order valence-corrected chi connectivity index (χ2v) is 7.42. The number of nitrogens with zero attached hydrogens (tertiary/aromatic N) is 3. The van der Waals surface area contributed by atoms with Crippen LogP contribution in [0.15, 0.2) is 29.4 Å². The molecule has 1 aliphatic heterocycles. The van der Waals surface area contributed by atoms with Gasteiger partial charge in [0, 0.05) is 18.7 Å². The first-order chi connectivity index (χ1) is 14.1. The fourth-order valence-electron chi connectivity index (χ4n) is 3.00. The third-order valence-electron chi connectivity index (χ3n) is 4.40. The van der Waals surface area contributed by atoms with Crippen molar-refractivity contribution < 1.29 is 19.1 Å². The van der Waals surface area contributed by atoms with Crippen molar-refractivity contribution in [3.05, 3.63) is 24.3 Å². The van der Waals surface area contributed by atoms with E-state index in [0.29, 0.717) is 24.1 Å². The fourth-order valence-corrected chi connectivity index (χ4v) is 3.75. The Kier molecular flexibility index (Phi) is 7.48. The Morgan fingerprint density at radius 2 is 2.10 bits per heavy atom. The lowest BCUT2D eigenvalue weighted by molar-refractivity contribution is -0.117. The van der Waals surface area contributed by atoms with E-state index in [9.17, 15) is 9.59 Å². The summed E-state index contributed by atoms with van der Waals surface area (Å²) in [5.74, 6) is 1.13. The Bertz CT molecular complexity index is 834. The molecule has 156 valence electrons. The summed E-state index contributed by atoms with van der Waals surface area (Å²) in [6.45, 7) is 3.59. The molecule has 0 bridgehead atoms. The van der Waals surface area contributed by atoms with Gasteiger partial charge in [-0.1, -0.05) is 11.8 Å². The number of aromatic nitrogens is 3. The third-order valence-corrected chi connectivity index (χ3v) is 5.36. The van der Waals surface area contributed by atoms with Gasteiger partial charge in [-0.3, -0.25) is 14.7 Å². The summed E-state index contributed by atoms with van der Waals surface area (Å²) in [6, 6.07) is 7.08. The molecule has 0 aliphatic carbocycles.